The van der Waals surface area contributed by atoms with E-state index in [1.165, 1.54) is 17.3 Å². The van der Waals surface area contributed by atoms with Gasteiger partial charge in [-0.05, 0) is 53.8 Å². The van der Waals surface area contributed by atoms with E-state index in [-0.39, 0.29) is 11.9 Å². The van der Waals surface area contributed by atoms with Crippen molar-refractivity contribution in [2.75, 3.05) is 0 Å². The molecule has 5 rings (SSSR count). The Morgan fingerprint density at radius 3 is 2.37 bits per heavy atom. The van der Waals surface area contributed by atoms with Gasteiger partial charge in [0, 0.05) is 11.3 Å². The topological polar surface area (TPSA) is 55.1 Å². The Hall–Kier alpha value is -3.83. The van der Waals surface area contributed by atoms with Gasteiger partial charge in [0.2, 0.25) is 0 Å². The van der Waals surface area contributed by atoms with Crippen LogP contribution in [0.4, 0.5) is 0 Å². The predicted octanol–water partition coefficient (Wildman–Crippen LogP) is 7.14. The maximum Gasteiger partial charge on any atom is 0.257 e. The average Bonchev–Trinajstić information content (AvgIpc) is 3.33. The van der Waals surface area contributed by atoms with Gasteiger partial charge in [-0.3, -0.25) is 4.79 Å². The molecule has 0 aliphatic carbocycles. The second-order valence-electron chi connectivity index (χ2n) is 8.52. The standard InChI is InChI=1S/C30H26N2O2S/c1-21-10-8-17-27-28(21)32-30(34-27)35-20-23-13-9-16-25(18-23)29(33)31-26(24-14-6-3-7-15-24)19-22-11-4-2-5-12-22/h2-18,26H,19-20H2,1H3,(H,31,33). The molecule has 0 aliphatic heterocycles. The second kappa shape index (κ2) is 10.6. The molecule has 1 amide bonds. The molecule has 5 heteroatoms. The highest BCUT2D eigenvalue weighted by Crippen LogP contribution is 2.28. The first-order chi connectivity index (χ1) is 17.2. The van der Waals surface area contributed by atoms with Gasteiger partial charge < -0.3 is 9.73 Å². The first-order valence-corrected chi connectivity index (χ1v) is 12.6. The number of hydrogen-bond donors (Lipinski definition) is 1. The number of hydrogen-bond acceptors (Lipinski definition) is 4. The third-order valence-corrected chi connectivity index (χ3v) is 6.84. The Morgan fingerprint density at radius 2 is 1.60 bits per heavy atom. The van der Waals surface area contributed by atoms with Crippen LogP contribution in [-0.4, -0.2) is 10.9 Å². The maximum atomic E-state index is 13.3. The molecule has 1 aromatic heterocycles. The van der Waals surface area contributed by atoms with Gasteiger partial charge in [-0.2, -0.15) is 0 Å². The van der Waals surface area contributed by atoms with Crippen molar-refractivity contribution in [3.63, 3.8) is 0 Å². The van der Waals surface area contributed by atoms with E-state index >= 15 is 0 Å². The SMILES string of the molecule is Cc1cccc2oc(SCc3cccc(C(=O)NC(Cc4ccccc4)c4ccccc4)c3)nc12. The van der Waals surface area contributed by atoms with E-state index in [1.54, 1.807) is 0 Å². The molecule has 0 saturated heterocycles. The Bertz CT molecular complexity index is 1430. The third kappa shape index (κ3) is 5.64. The minimum Gasteiger partial charge on any atom is -0.431 e. The molecule has 4 aromatic carbocycles. The highest BCUT2D eigenvalue weighted by atomic mass is 32.2. The van der Waals surface area contributed by atoms with Crippen molar-refractivity contribution in [3.8, 4) is 0 Å². The number of amides is 1. The molecule has 174 valence electrons. The van der Waals surface area contributed by atoms with Gasteiger partial charge in [0.05, 0.1) is 6.04 Å². The molecule has 0 aliphatic rings. The number of carbonyl (C=O) groups excluding carboxylic acids is 1. The van der Waals surface area contributed by atoms with E-state index in [0.717, 1.165) is 34.2 Å². The molecule has 0 bridgehead atoms. The molecular weight excluding hydrogens is 452 g/mol. The normalized spacial score (nSPS) is 11.9. The number of fused-ring (bicyclic) bond motifs is 1. The lowest BCUT2D eigenvalue weighted by atomic mass is 9.98. The number of oxazole rings is 1. The zero-order valence-corrected chi connectivity index (χ0v) is 20.3. The minimum atomic E-state index is -0.118. The van der Waals surface area contributed by atoms with Crippen LogP contribution >= 0.6 is 11.8 Å². The molecule has 1 unspecified atom stereocenters. The summed E-state index contributed by atoms with van der Waals surface area (Å²) in [7, 11) is 0. The summed E-state index contributed by atoms with van der Waals surface area (Å²) in [6, 6.07) is 33.9. The van der Waals surface area contributed by atoms with Crippen molar-refractivity contribution >= 4 is 28.8 Å². The van der Waals surface area contributed by atoms with Crippen LogP contribution in [0.25, 0.3) is 11.1 Å². The Kier molecular flexibility index (Phi) is 6.96. The van der Waals surface area contributed by atoms with Gasteiger partial charge in [0.1, 0.15) is 5.52 Å². The Morgan fingerprint density at radius 1 is 0.886 bits per heavy atom. The number of aromatic nitrogens is 1. The number of rotatable bonds is 8. The van der Waals surface area contributed by atoms with E-state index in [1.807, 2.05) is 85.8 Å². The fourth-order valence-corrected chi connectivity index (χ4v) is 4.88. The number of para-hydroxylation sites is 1. The van der Waals surface area contributed by atoms with Crippen molar-refractivity contribution in [3.05, 3.63) is 131 Å². The predicted molar refractivity (Wildman–Crippen MR) is 142 cm³/mol. The van der Waals surface area contributed by atoms with Crippen LogP contribution in [0.15, 0.2) is 113 Å². The van der Waals surface area contributed by atoms with Gasteiger partial charge in [0.15, 0.2) is 5.58 Å². The zero-order chi connectivity index (χ0) is 24.0. The lowest BCUT2D eigenvalue weighted by Gasteiger charge is -2.20. The largest absolute Gasteiger partial charge is 0.431 e. The van der Waals surface area contributed by atoms with Crippen molar-refractivity contribution in [1.82, 2.24) is 10.3 Å². The molecule has 0 spiro atoms. The van der Waals surface area contributed by atoms with Crippen molar-refractivity contribution in [1.29, 1.82) is 0 Å². The van der Waals surface area contributed by atoms with Crippen molar-refractivity contribution < 1.29 is 9.21 Å². The van der Waals surface area contributed by atoms with E-state index in [9.17, 15) is 4.79 Å². The third-order valence-electron chi connectivity index (χ3n) is 5.94. The Balaban J connectivity index is 1.29. The molecular formula is C30H26N2O2S. The summed E-state index contributed by atoms with van der Waals surface area (Å²) < 4.78 is 5.88. The molecule has 0 fully saturated rings. The fraction of sp³-hybridized carbons (Fsp3) is 0.133. The van der Waals surface area contributed by atoms with Gasteiger partial charge in [-0.15, -0.1) is 0 Å². The van der Waals surface area contributed by atoms with Gasteiger partial charge in [0.25, 0.3) is 11.1 Å². The monoisotopic (exact) mass is 478 g/mol. The second-order valence-corrected chi connectivity index (χ2v) is 9.44. The summed E-state index contributed by atoms with van der Waals surface area (Å²) >= 11 is 1.53. The van der Waals surface area contributed by atoms with Crippen LogP contribution in [-0.2, 0) is 12.2 Å². The number of nitrogens with zero attached hydrogens (tertiary/aromatic N) is 1. The molecule has 1 heterocycles. The highest BCUT2D eigenvalue weighted by Gasteiger charge is 2.17. The first kappa shape index (κ1) is 22.9. The van der Waals surface area contributed by atoms with E-state index in [0.29, 0.717) is 16.5 Å². The van der Waals surface area contributed by atoms with Crippen LogP contribution in [0, 0.1) is 6.92 Å². The summed E-state index contributed by atoms with van der Waals surface area (Å²) in [5.41, 5.74) is 6.74. The van der Waals surface area contributed by atoms with Gasteiger partial charge in [-0.25, -0.2) is 4.98 Å². The first-order valence-electron chi connectivity index (χ1n) is 11.6. The average molecular weight is 479 g/mol. The van der Waals surface area contributed by atoms with E-state index in [2.05, 4.69) is 34.6 Å². The summed E-state index contributed by atoms with van der Waals surface area (Å²) in [4.78, 5) is 17.9. The maximum absolute atomic E-state index is 13.3. The van der Waals surface area contributed by atoms with Crippen molar-refractivity contribution in [2.45, 2.75) is 30.4 Å². The molecule has 1 atom stereocenters. The highest BCUT2D eigenvalue weighted by molar-refractivity contribution is 7.98. The van der Waals surface area contributed by atoms with E-state index < -0.39 is 0 Å². The molecule has 4 nitrogen and oxygen atoms in total. The lowest BCUT2D eigenvalue weighted by molar-refractivity contribution is 0.0936. The summed E-state index contributed by atoms with van der Waals surface area (Å²) in [6.45, 7) is 2.03. The van der Waals surface area contributed by atoms with Crippen LogP contribution in [0.2, 0.25) is 0 Å². The van der Waals surface area contributed by atoms with Crippen LogP contribution in [0.5, 0.6) is 0 Å². The molecule has 0 saturated carbocycles. The molecule has 1 N–H and O–H groups in total. The summed E-state index contributed by atoms with van der Waals surface area (Å²) in [5.74, 6) is 0.582. The minimum absolute atomic E-state index is 0.0841. The zero-order valence-electron chi connectivity index (χ0n) is 19.5. The molecule has 0 radical (unpaired) electrons. The molecule has 5 aromatic rings. The lowest BCUT2D eigenvalue weighted by Crippen LogP contribution is -2.30. The van der Waals surface area contributed by atoms with Gasteiger partial charge >= 0.3 is 0 Å². The number of carbonyl (C=O) groups is 1. The van der Waals surface area contributed by atoms with Crippen LogP contribution in [0.1, 0.15) is 38.7 Å². The number of aryl methyl sites for hydroxylation is 1. The Labute approximate surface area is 209 Å². The number of nitrogens with one attached hydrogen (secondary N) is 1. The smallest absolute Gasteiger partial charge is 0.257 e. The van der Waals surface area contributed by atoms with Crippen LogP contribution in [0.3, 0.4) is 0 Å². The summed E-state index contributed by atoms with van der Waals surface area (Å²) in [6.07, 6.45) is 0.725. The number of thioether (sulfide) groups is 1. The quantitative estimate of drug-likeness (QED) is 0.241. The van der Waals surface area contributed by atoms with Crippen LogP contribution < -0.4 is 5.32 Å². The van der Waals surface area contributed by atoms with E-state index in [4.69, 9.17) is 4.42 Å². The fourth-order valence-electron chi connectivity index (χ4n) is 4.10. The van der Waals surface area contributed by atoms with Gasteiger partial charge in [-0.1, -0.05) is 96.7 Å². The summed E-state index contributed by atoms with van der Waals surface area (Å²) in [5, 5.41) is 3.88. The van der Waals surface area contributed by atoms with Crippen molar-refractivity contribution in [2.24, 2.45) is 0 Å². The molecule has 35 heavy (non-hydrogen) atoms. The number of benzene rings is 4.